The van der Waals surface area contributed by atoms with Gasteiger partial charge >= 0.3 is 0 Å². The summed E-state index contributed by atoms with van der Waals surface area (Å²) in [6.45, 7) is 2.93. The quantitative estimate of drug-likeness (QED) is 0.525. The minimum absolute atomic E-state index is 0.0443. The molecule has 1 heterocycles. The summed E-state index contributed by atoms with van der Waals surface area (Å²) in [5, 5.41) is 8.55. The predicted octanol–water partition coefficient (Wildman–Crippen LogP) is -0.745. The topological polar surface area (TPSA) is 79.5 Å². The minimum Gasteiger partial charge on any atom is -0.383 e. The van der Waals surface area contributed by atoms with Gasteiger partial charge in [-0.3, -0.25) is 9.59 Å². The van der Waals surface area contributed by atoms with E-state index in [2.05, 4.69) is 16.0 Å². The molecule has 6 nitrogen and oxygen atoms in total. The van der Waals surface area contributed by atoms with E-state index in [1.54, 1.807) is 7.11 Å². The number of hydrogen-bond acceptors (Lipinski definition) is 4. The molecule has 1 fully saturated rings. The number of nitrogens with one attached hydrogen (secondary N) is 3. The van der Waals surface area contributed by atoms with E-state index in [1.165, 1.54) is 0 Å². The monoisotopic (exact) mass is 257 g/mol. The zero-order valence-electron chi connectivity index (χ0n) is 11.0. The molecule has 2 amide bonds. The summed E-state index contributed by atoms with van der Waals surface area (Å²) >= 11 is 0. The third-order valence-electron chi connectivity index (χ3n) is 2.95. The number of carbonyl (C=O) groups excluding carboxylic acids is 2. The van der Waals surface area contributed by atoms with Gasteiger partial charge in [0.1, 0.15) is 0 Å². The molecule has 18 heavy (non-hydrogen) atoms. The Labute approximate surface area is 108 Å². The lowest BCUT2D eigenvalue weighted by Gasteiger charge is -2.21. The van der Waals surface area contributed by atoms with Gasteiger partial charge in [0.2, 0.25) is 11.8 Å². The summed E-state index contributed by atoms with van der Waals surface area (Å²) < 4.78 is 4.81. The maximum Gasteiger partial charge on any atom is 0.239 e. The Morgan fingerprint density at radius 1 is 1.33 bits per heavy atom. The molecule has 0 aromatic carbocycles. The first-order valence-corrected chi connectivity index (χ1v) is 6.45. The van der Waals surface area contributed by atoms with E-state index in [-0.39, 0.29) is 18.4 Å². The van der Waals surface area contributed by atoms with Crippen LogP contribution in [-0.2, 0) is 14.3 Å². The van der Waals surface area contributed by atoms with Crippen molar-refractivity contribution in [1.82, 2.24) is 16.0 Å². The highest BCUT2D eigenvalue weighted by atomic mass is 16.5. The zero-order chi connectivity index (χ0) is 13.2. The van der Waals surface area contributed by atoms with Crippen LogP contribution in [0.5, 0.6) is 0 Å². The molecule has 1 atom stereocenters. The van der Waals surface area contributed by atoms with Crippen LogP contribution in [0.25, 0.3) is 0 Å². The van der Waals surface area contributed by atoms with E-state index in [1.807, 2.05) is 0 Å². The first-order valence-electron chi connectivity index (χ1n) is 6.45. The van der Waals surface area contributed by atoms with Crippen molar-refractivity contribution in [1.29, 1.82) is 0 Å². The predicted molar refractivity (Wildman–Crippen MR) is 68.1 cm³/mol. The Balaban J connectivity index is 2.06. The van der Waals surface area contributed by atoms with Crippen LogP contribution in [0, 0.1) is 5.92 Å². The van der Waals surface area contributed by atoms with Crippen LogP contribution < -0.4 is 16.0 Å². The molecule has 1 aliphatic heterocycles. The SMILES string of the molecule is COCCNC(=O)CNC(=O)CC1CCCNC1. The van der Waals surface area contributed by atoms with E-state index < -0.39 is 0 Å². The lowest BCUT2D eigenvalue weighted by atomic mass is 9.96. The lowest BCUT2D eigenvalue weighted by molar-refractivity contribution is -0.126. The summed E-state index contributed by atoms with van der Waals surface area (Å²) in [4.78, 5) is 22.9. The molecule has 0 radical (unpaired) electrons. The average molecular weight is 257 g/mol. The number of methoxy groups -OCH3 is 1. The van der Waals surface area contributed by atoms with E-state index >= 15 is 0 Å². The summed E-state index contributed by atoms with van der Waals surface area (Å²) in [7, 11) is 1.58. The van der Waals surface area contributed by atoms with Crippen LogP contribution in [0.3, 0.4) is 0 Å². The molecule has 1 saturated heterocycles. The number of amides is 2. The van der Waals surface area contributed by atoms with Crippen molar-refractivity contribution in [2.24, 2.45) is 5.92 Å². The first kappa shape index (κ1) is 14.9. The van der Waals surface area contributed by atoms with Crippen LogP contribution >= 0.6 is 0 Å². The maximum absolute atomic E-state index is 11.6. The molecule has 1 rings (SSSR count). The summed E-state index contributed by atoms with van der Waals surface area (Å²) in [6, 6.07) is 0. The summed E-state index contributed by atoms with van der Waals surface area (Å²) in [6.07, 6.45) is 2.70. The number of rotatable bonds is 7. The van der Waals surface area contributed by atoms with Crippen molar-refractivity contribution in [3.63, 3.8) is 0 Å². The Morgan fingerprint density at radius 3 is 2.83 bits per heavy atom. The largest absolute Gasteiger partial charge is 0.383 e. The normalized spacial score (nSPS) is 19.3. The highest BCUT2D eigenvalue weighted by molar-refractivity contribution is 5.84. The van der Waals surface area contributed by atoms with Gasteiger partial charge in [-0.2, -0.15) is 0 Å². The first-order chi connectivity index (χ1) is 8.72. The highest BCUT2D eigenvalue weighted by Gasteiger charge is 2.16. The van der Waals surface area contributed by atoms with Crippen LogP contribution in [-0.4, -0.2) is 51.7 Å². The molecule has 0 saturated carbocycles. The third-order valence-corrected chi connectivity index (χ3v) is 2.95. The molecule has 0 aromatic rings. The molecule has 6 heteroatoms. The summed E-state index contributed by atoms with van der Waals surface area (Å²) in [5.74, 6) is 0.170. The Bertz CT molecular complexity index is 265. The van der Waals surface area contributed by atoms with Gasteiger partial charge in [-0.1, -0.05) is 0 Å². The van der Waals surface area contributed by atoms with E-state index in [9.17, 15) is 9.59 Å². The van der Waals surface area contributed by atoms with Crippen LogP contribution in [0.4, 0.5) is 0 Å². The maximum atomic E-state index is 11.6. The average Bonchev–Trinajstić information content (AvgIpc) is 2.38. The second-order valence-electron chi connectivity index (χ2n) is 4.54. The zero-order valence-corrected chi connectivity index (χ0v) is 11.0. The second-order valence-corrected chi connectivity index (χ2v) is 4.54. The van der Waals surface area contributed by atoms with Gasteiger partial charge < -0.3 is 20.7 Å². The number of piperidine rings is 1. The van der Waals surface area contributed by atoms with Crippen molar-refractivity contribution in [2.75, 3.05) is 39.9 Å². The second kappa shape index (κ2) is 8.88. The van der Waals surface area contributed by atoms with Crippen LogP contribution in [0.2, 0.25) is 0 Å². The van der Waals surface area contributed by atoms with Gasteiger partial charge in [-0.05, 0) is 31.8 Å². The molecule has 0 bridgehead atoms. The Hall–Kier alpha value is -1.14. The van der Waals surface area contributed by atoms with Gasteiger partial charge in [0.05, 0.1) is 13.2 Å². The Kier molecular flexibility index (Phi) is 7.36. The van der Waals surface area contributed by atoms with Crippen molar-refractivity contribution in [2.45, 2.75) is 19.3 Å². The van der Waals surface area contributed by atoms with Crippen molar-refractivity contribution >= 4 is 11.8 Å². The van der Waals surface area contributed by atoms with Crippen molar-refractivity contribution < 1.29 is 14.3 Å². The van der Waals surface area contributed by atoms with Crippen LogP contribution in [0.1, 0.15) is 19.3 Å². The third kappa shape index (κ3) is 6.56. The van der Waals surface area contributed by atoms with Crippen LogP contribution in [0.15, 0.2) is 0 Å². The molecular formula is C12H23N3O3. The van der Waals surface area contributed by atoms with Gasteiger partial charge in [-0.15, -0.1) is 0 Å². The number of ether oxygens (including phenoxy) is 1. The molecule has 0 aliphatic carbocycles. The van der Waals surface area contributed by atoms with Gasteiger partial charge in [0.15, 0.2) is 0 Å². The fourth-order valence-electron chi connectivity index (χ4n) is 1.97. The van der Waals surface area contributed by atoms with Gasteiger partial charge in [0, 0.05) is 20.1 Å². The molecule has 1 aliphatic rings. The number of carbonyl (C=O) groups is 2. The molecule has 104 valence electrons. The fourth-order valence-corrected chi connectivity index (χ4v) is 1.97. The number of hydrogen-bond donors (Lipinski definition) is 3. The van der Waals surface area contributed by atoms with Gasteiger partial charge in [0.25, 0.3) is 0 Å². The van der Waals surface area contributed by atoms with E-state index in [0.717, 1.165) is 25.9 Å². The fraction of sp³-hybridized carbons (Fsp3) is 0.833. The molecule has 3 N–H and O–H groups in total. The van der Waals surface area contributed by atoms with Crippen molar-refractivity contribution in [3.8, 4) is 0 Å². The van der Waals surface area contributed by atoms with Gasteiger partial charge in [-0.25, -0.2) is 0 Å². The standard InChI is InChI=1S/C12H23N3O3/c1-18-6-5-14-12(17)9-15-11(16)7-10-3-2-4-13-8-10/h10,13H,2-9H2,1H3,(H,14,17)(H,15,16). The van der Waals surface area contributed by atoms with Crippen molar-refractivity contribution in [3.05, 3.63) is 0 Å². The Morgan fingerprint density at radius 2 is 2.17 bits per heavy atom. The minimum atomic E-state index is -0.179. The molecule has 0 spiro atoms. The smallest absolute Gasteiger partial charge is 0.239 e. The summed E-state index contributed by atoms with van der Waals surface area (Å²) in [5.41, 5.74) is 0. The highest BCUT2D eigenvalue weighted by Crippen LogP contribution is 2.13. The van der Waals surface area contributed by atoms with E-state index in [0.29, 0.717) is 25.5 Å². The lowest BCUT2D eigenvalue weighted by Crippen LogP contribution is -2.40. The molecule has 0 aromatic heterocycles. The molecule has 1 unspecified atom stereocenters. The van der Waals surface area contributed by atoms with E-state index in [4.69, 9.17) is 4.74 Å². The molecular weight excluding hydrogens is 234 g/mol.